The van der Waals surface area contributed by atoms with E-state index in [0.29, 0.717) is 6.42 Å². The molecule has 2 aliphatic rings. The van der Waals surface area contributed by atoms with Gasteiger partial charge < -0.3 is 10.0 Å². The molecule has 1 aliphatic heterocycles. The van der Waals surface area contributed by atoms with Gasteiger partial charge in [0, 0.05) is 24.2 Å². The number of piperidine rings is 1. The molecule has 1 atom stereocenters. The molecule has 0 saturated carbocycles. The summed E-state index contributed by atoms with van der Waals surface area (Å²) in [5.41, 5.74) is 3.41. The number of carbonyl (C=O) groups is 1. The van der Waals surface area contributed by atoms with E-state index in [0.717, 1.165) is 44.3 Å². The fourth-order valence-electron chi connectivity index (χ4n) is 4.16. The van der Waals surface area contributed by atoms with Crippen molar-refractivity contribution in [3.63, 3.8) is 0 Å². The molecular formula is C18H20ClN3O2. The van der Waals surface area contributed by atoms with Crippen molar-refractivity contribution < 1.29 is 9.90 Å². The predicted molar refractivity (Wildman–Crippen MR) is 91.2 cm³/mol. The molecule has 1 fully saturated rings. The Bertz CT molecular complexity index is 788. The van der Waals surface area contributed by atoms with Crippen LogP contribution in [0.4, 0.5) is 0 Å². The third kappa shape index (κ3) is 2.57. The Labute approximate surface area is 145 Å². The van der Waals surface area contributed by atoms with E-state index in [1.165, 1.54) is 17.3 Å². The van der Waals surface area contributed by atoms with E-state index >= 15 is 0 Å². The van der Waals surface area contributed by atoms with Crippen molar-refractivity contribution in [3.8, 4) is 5.75 Å². The number of hydrogen-bond acceptors (Lipinski definition) is 3. The highest BCUT2D eigenvalue weighted by molar-refractivity contribution is 6.32. The molecule has 24 heavy (non-hydrogen) atoms. The number of aryl methyl sites for hydroxylation is 1. The van der Waals surface area contributed by atoms with Crippen LogP contribution in [-0.2, 0) is 23.1 Å². The number of amides is 1. The zero-order valence-electron chi connectivity index (χ0n) is 13.4. The number of fused-ring (bicyclic) bond motifs is 2. The van der Waals surface area contributed by atoms with Gasteiger partial charge in [0.2, 0.25) is 5.91 Å². The summed E-state index contributed by atoms with van der Waals surface area (Å²) >= 11 is 5.94. The van der Waals surface area contributed by atoms with E-state index in [2.05, 4.69) is 10.2 Å². The largest absolute Gasteiger partial charge is 0.506 e. The molecular weight excluding hydrogens is 326 g/mol. The molecule has 0 radical (unpaired) electrons. The third-order valence-electron chi connectivity index (χ3n) is 5.42. The SMILES string of the molecule is O=C(Cc1ccc(O)c(Cl)c1)N1CCCC2(CCc3cn[nH]c32)C1. The molecule has 2 aromatic rings. The molecule has 2 heterocycles. The monoisotopic (exact) mass is 345 g/mol. The maximum Gasteiger partial charge on any atom is 0.227 e. The summed E-state index contributed by atoms with van der Waals surface area (Å²) < 4.78 is 0. The minimum absolute atomic E-state index is 0.0440. The number of aromatic nitrogens is 2. The number of phenols is 1. The van der Waals surface area contributed by atoms with Crippen LogP contribution < -0.4 is 0 Å². The Morgan fingerprint density at radius 3 is 3.12 bits per heavy atom. The van der Waals surface area contributed by atoms with Crippen molar-refractivity contribution in [2.45, 2.75) is 37.5 Å². The van der Waals surface area contributed by atoms with E-state index in [9.17, 15) is 9.90 Å². The molecule has 126 valence electrons. The Kier molecular flexibility index (Phi) is 3.76. The van der Waals surface area contributed by atoms with Crippen LogP contribution in [0.2, 0.25) is 5.02 Å². The zero-order chi connectivity index (χ0) is 16.7. The van der Waals surface area contributed by atoms with Crippen LogP contribution in [0, 0.1) is 0 Å². The van der Waals surface area contributed by atoms with E-state index < -0.39 is 0 Å². The van der Waals surface area contributed by atoms with Crippen LogP contribution in [-0.4, -0.2) is 39.2 Å². The summed E-state index contributed by atoms with van der Waals surface area (Å²) in [6.07, 6.45) is 6.49. The van der Waals surface area contributed by atoms with Gasteiger partial charge in [0.25, 0.3) is 0 Å². The van der Waals surface area contributed by atoms with Gasteiger partial charge in [-0.15, -0.1) is 0 Å². The van der Waals surface area contributed by atoms with Gasteiger partial charge in [-0.3, -0.25) is 9.89 Å². The first-order chi connectivity index (χ1) is 11.6. The Hall–Kier alpha value is -2.01. The van der Waals surface area contributed by atoms with E-state index in [1.807, 2.05) is 11.1 Å². The second-order valence-electron chi connectivity index (χ2n) is 6.93. The molecule has 1 saturated heterocycles. The van der Waals surface area contributed by atoms with Crippen molar-refractivity contribution in [2.24, 2.45) is 0 Å². The Balaban J connectivity index is 1.50. The molecule has 1 aliphatic carbocycles. The summed E-state index contributed by atoms with van der Waals surface area (Å²) in [4.78, 5) is 14.7. The number of halogens is 1. The lowest BCUT2D eigenvalue weighted by Crippen LogP contribution is -2.48. The van der Waals surface area contributed by atoms with Gasteiger partial charge in [-0.1, -0.05) is 17.7 Å². The molecule has 4 rings (SSSR count). The number of aromatic amines is 1. The first-order valence-electron chi connectivity index (χ1n) is 8.35. The summed E-state index contributed by atoms with van der Waals surface area (Å²) in [5, 5.41) is 17.1. The number of nitrogens with one attached hydrogen (secondary N) is 1. The lowest BCUT2D eigenvalue weighted by Gasteiger charge is -2.40. The van der Waals surface area contributed by atoms with Crippen LogP contribution in [0.1, 0.15) is 36.1 Å². The molecule has 6 heteroatoms. The number of benzene rings is 1. The molecule has 1 amide bonds. The number of hydrogen-bond donors (Lipinski definition) is 2. The van der Waals surface area contributed by atoms with Gasteiger partial charge in [-0.25, -0.2) is 0 Å². The van der Waals surface area contributed by atoms with Gasteiger partial charge in [0.1, 0.15) is 5.75 Å². The zero-order valence-corrected chi connectivity index (χ0v) is 14.1. The lowest BCUT2D eigenvalue weighted by atomic mass is 9.77. The normalized spacial score (nSPS) is 22.8. The van der Waals surface area contributed by atoms with Crippen molar-refractivity contribution in [1.82, 2.24) is 15.1 Å². The van der Waals surface area contributed by atoms with Crippen molar-refractivity contribution in [1.29, 1.82) is 0 Å². The molecule has 0 bridgehead atoms. The average Bonchev–Trinajstić information content (AvgIpc) is 3.16. The second-order valence-corrected chi connectivity index (χ2v) is 7.34. The van der Waals surface area contributed by atoms with Gasteiger partial charge in [-0.2, -0.15) is 5.10 Å². The molecule has 1 unspecified atom stereocenters. The number of rotatable bonds is 2. The molecule has 1 aromatic carbocycles. The van der Waals surface area contributed by atoms with Gasteiger partial charge >= 0.3 is 0 Å². The number of H-pyrrole nitrogens is 1. The molecule has 1 spiro atoms. The van der Waals surface area contributed by atoms with Gasteiger partial charge in [0.15, 0.2) is 0 Å². The summed E-state index contributed by atoms with van der Waals surface area (Å²) in [5.74, 6) is 0.159. The van der Waals surface area contributed by atoms with Crippen molar-refractivity contribution in [3.05, 3.63) is 46.2 Å². The average molecular weight is 346 g/mol. The molecule has 1 aromatic heterocycles. The minimum Gasteiger partial charge on any atom is -0.506 e. The highest BCUT2D eigenvalue weighted by Crippen LogP contribution is 2.43. The highest BCUT2D eigenvalue weighted by atomic mass is 35.5. The number of aromatic hydroxyl groups is 1. The van der Waals surface area contributed by atoms with Crippen LogP contribution in [0.15, 0.2) is 24.4 Å². The van der Waals surface area contributed by atoms with Crippen LogP contribution in [0.3, 0.4) is 0 Å². The lowest BCUT2D eigenvalue weighted by molar-refractivity contribution is -0.132. The van der Waals surface area contributed by atoms with Crippen LogP contribution in [0.5, 0.6) is 5.75 Å². The van der Waals surface area contributed by atoms with Gasteiger partial charge in [0.05, 0.1) is 17.6 Å². The maximum atomic E-state index is 12.7. The summed E-state index contributed by atoms with van der Waals surface area (Å²) in [6, 6.07) is 4.95. The first kappa shape index (κ1) is 15.5. The maximum absolute atomic E-state index is 12.7. The fourth-order valence-corrected chi connectivity index (χ4v) is 4.36. The summed E-state index contributed by atoms with van der Waals surface area (Å²) in [7, 11) is 0. The van der Waals surface area contributed by atoms with E-state index in [1.54, 1.807) is 12.1 Å². The third-order valence-corrected chi connectivity index (χ3v) is 5.72. The smallest absolute Gasteiger partial charge is 0.227 e. The second kappa shape index (κ2) is 5.81. The predicted octanol–water partition coefficient (Wildman–Crippen LogP) is 2.82. The Morgan fingerprint density at radius 1 is 1.42 bits per heavy atom. The highest BCUT2D eigenvalue weighted by Gasteiger charge is 2.44. The topological polar surface area (TPSA) is 69.2 Å². The number of carbonyl (C=O) groups excluding carboxylic acids is 1. The van der Waals surface area contributed by atoms with Crippen molar-refractivity contribution in [2.75, 3.05) is 13.1 Å². The molecule has 2 N–H and O–H groups in total. The quantitative estimate of drug-likeness (QED) is 0.879. The van der Waals surface area contributed by atoms with Crippen LogP contribution >= 0.6 is 11.6 Å². The van der Waals surface area contributed by atoms with E-state index in [-0.39, 0.29) is 22.1 Å². The number of likely N-dealkylation sites (tertiary alicyclic amines) is 1. The standard InChI is InChI=1S/C18H20ClN3O2/c19-14-8-12(2-3-15(14)23)9-16(24)22-7-1-5-18(11-22)6-4-13-10-20-21-17(13)18/h2-3,8,10,23H,1,4-7,9,11H2,(H,20,21). The molecule has 5 nitrogen and oxygen atoms in total. The summed E-state index contributed by atoms with van der Waals surface area (Å²) in [6.45, 7) is 1.56. The van der Waals surface area contributed by atoms with E-state index in [4.69, 9.17) is 11.6 Å². The first-order valence-corrected chi connectivity index (χ1v) is 8.73. The van der Waals surface area contributed by atoms with Gasteiger partial charge in [-0.05, 0) is 48.9 Å². The Morgan fingerprint density at radius 2 is 2.29 bits per heavy atom. The fraction of sp³-hybridized carbons (Fsp3) is 0.444. The van der Waals surface area contributed by atoms with Crippen molar-refractivity contribution >= 4 is 17.5 Å². The minimum atomic E-state index is 0.0440. The van der Waals surface area contributed by atoms with Crippen LogP contribution in [0.25, 0.3) is 0 Å². The number of phenolic OH excluding ortho intramolecular Hbond substituents is 1. The number of nitrogens with zero attached hydrogens (tertiary/aromatic N) is 2.